The third kappa shape index (κ3) is 6.64. The Hall–Kier alpha value is -1.53. The Morgan fingerprint density at radius 1 is 1.33 bits per heavy atom. The highest BCUT2D eigenvalue weighted by Crippen LogP contribution is 2.21. The molecule has 0 saturated carbocycles. The van der Waals surface area contributed by atoms with Crippen LogP contribution in [-0.2, 0) is 14.3 Å². The highest BCUT2D eigenvalue weighted by Gasteiger charge is 2.17. The lowest BCUT2D eigenvalue weighted by atomic mass is 10.0. The average Bonchev–Trinajstić information content (AvgIpc) is 2.46. The summed E-state index contributed by atoms with van der Waals surface area (Å²) < 4.78 is 4.90. The SMILES string of the molecule is COCCCC(=O)NC(CC(=O)O)c1ccc(SC)cc1. The van der Waals surface area contributed by atoms with Crippen LogP contribution >= 0.6 is 11.8 Å². The number of carbonyl (C=O) groups excluding carboxylic acids is 1. The molecule has 1 rings (SSSR count). The molecule has 116 valence electrons. The Morgan fingerprint density at radius 3 is 2.52 bits per heavy atom. The molecule has 0 bridgehead atoms. The number of benzene rings is 1. The van der Waals surface area contributed by atoms with Gasteiger partial charge in [0.15, 0.2) is 0 Å². The van der Waals surface area contributed by atoms with E-state index < -0.39 is 12.0 Å². The summed E-state index contributed by atoms with van der Waals surface area (Å²) in [5.41, 5.74) is 0.801. The van der Waals surface area contributed by atoms with E-state index in [2.05, 4.69) is 5.32 Å². The number of carbonyl (C=O) groups is 2. The van der Waals surface area contributed by atoms with Crippen LogP contribution in [0.1, 0.15) is 30.9 Å². The summed E-state index contributed by atoms with van der Waals surface area (Å²) >= 11 is 1.61. The zero-order valence-electron chi connectivity index (χ0n) is 12.3. The lowest BCUT2D eigenvalue weighted by Crippen LogP contribution is -2.30. The van der Waals surface area contributed by atoms with Crippen molar-refractivity contribution in [3.63, 3.8) is 0 Å². The lowest BCUT2D eigenvalue weighted by molar-refractivity contribution is -0.137. The van der Waals surface area contributed by atoms with Crippen LogP contribution in [0.25, 0.3) is 0 Å². The molecule has 2 N–H and O–H groups in total. The van der Waals surface area contributed by atoms with E-state index in [1.54, 1.807) is 18.9 Å². The molecule has 21 heavy (non-hydrogen) atoms. The fraction of sp³-hybridized carbons (Fsp3) is 0.467. The first-order chi connectivity index (χ1) is 10.1. The minimum atomic E-state index is -0.939. The van der Waals surface area contributed by atoms with Gasteiger partial charge in [0.05, 0.1) is 12.5 Å². The monoisotopic (exact) mass is 311 g/mol. The van der Waals surface area contributed by atoms with Crippen molar-refractivity contribution in [1.29, 1.82) is 0 Å². The zero-order valence-corrected chi connectivity index (χ0v) is 13.1. The van der Waals surface area contributed by atoms with E-state index in [0.29, 0.717) is 19.4 Å². The molecule has 1 atom stereocenters. The molecule has 6 heteroatoms. The molecule has 1 unspecified atom stereocenters. The molecule has 0 aliphatic heterocycles. The second kappa shape index (κ2) is 9.41. The Balaban J connectivity index is 2.70. The number of hydrogen-bond donors (Lipinski definition) is 2. The van der Waals surface area contributed by atoms with E-state index in [4.69, 9.17) is 9.84 Å². The molecule has 1 aromatic carbocycles. The number of hydrogen-bond acceptors (Lipinski definition) is 4. The van der Waals surface area contributed by atoms with Gasteiger partial charge in [0.1, 0.15) is 0 Å². The van der Waals surface area contributed by atoms with Gasteiger partial charge in [-0.1, -0.05) is 12.1 Å². The van der Waals surface area contributed by atoms with Crippen molar-refractivity contribution in [2.45, 2.75) is 30.2 Å². The number of carboxylic acid groups (broad SMARTS) is 1. The third-order valence-electron chi connectivity index (χ3n) is 2.98. The summed E-state index contributed by atoms with van der Waals surface area (Å²) in [6.45, 7) is 0.513. The number of aliphatic carboxylic acids is 1. The predicted molar refractivity (Wildman–Crippen MR) is 82.5 cm³/mol. The van der Waals surface area contributed by atoms with E-state index in [0.717, 1.165) is 10.5 Å². The van der Waals surface area contributed by atoms with Gasteiger partial charge in [-0.2, -0.15) is 0 Å². The number of ether oxygens (including phenoxy) is 1. The van der Waals surface area contributed by atoms with Crippen LogP contribution in [0.2, 0.25) is 0 Å². The number of methoxy groups -OCH3 is 1. The van der Waals surface area contributed by atoms with E-state index >= 15 is 0 Å². The zero-order chi connectivity index (χ0) is 15.7. The van der Waals surface area contributed by atoms with E-state index in [-0.39, 0.29) is 12.3 Å². The lowest BCUT2D eigenvalue weighted by Gasteiger charge is -2.17. The maximum Gasteiger partial charge on any atom is 0.305 e. The van der Waals surface area contributed by atoms with Crippen molar-refractivity contribution in [2.75, 3.05) is 20.0 Å². The van der Waals surface area contributed by atoms with Crippen molar-refractivity contribution in [1.82, 2.24) is 5.32 Å². The molecule has 0 aliphatic rings. The molecule has 0 radical (unpaired) electrons. The van der Waals surface area contributed by atoms with Gasteiger partial charge in [0.25, 0.3) is 0 Å². The van der Waals surface area contributed by atoms with Gasteiger partial charge in [0, 0.05) is 25.0 Å². The summed E-state index contributed by atoms with van der Waals surface area (Å²) in [6, 6.07) is 7.05. The number of carboxylic acids is 1. The van der Waals surface area contributed by atoms with Crippen molar-refractivity contribution in [3.8, 4) is 0 Å². The molecule has 1 amide bonds. The van der Waals surface area contributed by atoms with Crippen LogP contribution in [-0.4, -0.2) is 37.0 Å². The first-order valence-electron chi connectivity index (χ1n) is 6.71. The van der Waals surface area contributed by atoms with E-state index in [9.17, 15) is 9.59 Å². The Kier molecular flexibility index (Phi) is 7.85. The standard InChI is InChI=1S/C15H21NO4S/c1-20-9-3-4-14(17)16-13(10-15(18)19)11-5-7-12(21-2)8-6-11/h5-8,13H,3-4,9-10H2,1-2H3,(H,16,17)(H,18,19). The number of rotatable bonds is 9. The van der Waals surface area contributed by atoms with Crippen molar-refractivity contribution in [3.05, 3.63) is 29.8 Å². The molecule has 0 aliphatic carbocycles. The normalized spacial score (nSPS) is 11.9. The van der Waals surface area contributed by atoms with Crippen LogP contribution in [0.4, 0.5) is 0 Å². The van der Waals surface area contributed by atoms with Crippen molar-refractivity contribution < 1.29 is 19.4 Å². The first-order valence-corrected chi connectivity index (χ1v) is 7.93. The van der Waals surface area contributed by atoms with E-state index in [1.807, 2.05) is 30.5 Å². The maximum atomic E-state index is 11.8. The summed E-state index contributed by atoms with van der Waals surface area (Å²) in [5.74, 6) is -1.10. The summed E-state index contributed by atoms with van der Waals surface area (Å²) in [5, 5.41) is 11.8. The van der Waals surface area contributed by atoms with Crippen LogP contribution in [0.3, 0.4) is 0 Å². The molecule has 5 nitrogen and oxygen atoms in total. The van der Waals surface area contributed by atoms with Gasteiger partial charge >= 0.3 is 5.97 Å². The van der Waals surface area contributed by atoms with Gasteiger partial charge < -0.3 is 15.2 Å². The van der Waals surface area contributed by atoms with Gasteiger partial charge in [-0.15, -0.1) is 11.8 Å². The van der Waals surface area contributed by atoms with Crippen LogP contribution in [0.15, 0.2) is 29.2 Å². The van der Waals surface area contributed by atoms with Gasteiger partial charge in [-0.05, 0) is 30.4 Å². The van der Waals surface area contributed by atoms with Crippen LogP contribution in [0.5, 0.6) is 0 Å². The second-order valence-electron chi connectivity index (χ2n) is 4.59. The minimum Gasteiger partial charge on any atom is -0.481 e. The summed E-state index contributed by atoms with van der Waals surface area (Å²) in [6.07, 6.45) is 2.79. The Labute approximate surface area is 129 Å². The topological polar surface area (TPSA) is 75.6 Å². The van der Waals surface area contributed by atoms with Crippen molar-refractivity contribution >= 4 is 23.6 Å². The second-order valence-corrected chi connectivity index (χ2v) is 5.47. The molecular formula is C15H21NO4S. The molecule has 0 heterocycles. The Bertz CT molecular complexity index is 461. The fourth-order valence-corrected chi connectivity index (χ4v) is 2.31. The molecule has 0 spiro atoms. The molecule has 0 saturated heterocycles. The highest BCUT2D eigenvalue weighted by molar-refractivity contribution is 7.98. The van der Waals surface area contributed by atoms with Crippen LogP contribution < -0.4 is 5.32 Å². The van der Waals surface area contributed by atoms with E-state index in [1.165, 1.54) is 0 Å². The third-order valence-corrected chi connectivity index (χ3v) is 3.73. The van der Waals surface area contributed by atoms with Gasteiger partial charge in [-0.25, -0.2) is 0 Å². The number of thioether (sulfide) groups is 1. The maximum absolute atomic E-state index is 11.8. The average molecular weight is 311 g/mol. The fourth-order valence-electron chi connectivity index (χ4n) is 1.91. The van der Waals surface area contributed by atoms with Crippen LogP contribution in [0, 0.1) is 0 Å². The number of amides is 1. The quantitative estimate of drug-likeness (QED) is 0.541. The smallest absolute Gasteiger partial charge is 0.305 e. The minimum absolute atomic E-state index is 0.130. The van der Waals surface area contributed by atoms with Gasteiger partial charge in [-0.3, -0.25) is 9.59 Å². The van der Waals surface area contributed by atoms with Gasteiger partial charge in [0.2, 0.25) is 5.91 Å². The molecule has 0 fully saturated rings. The number of nitrogens with one attached hydrogen (secondary N) is 1. The molecule has 0 aromatic heterocycles. The molecule has 1 aromatic rings. The predicted octanol–water partition coefficient (Wildman–Crippen LogP) is 2.47. The molecular weight excluding hydrogens is 290 g/mol. The summed E-state index contributed by atoms with van der Waals surface area (Å²) in [7, 11) is 1.58. The first kappa shape index (κ1) is 17.5. The summed E-state index contributed by atoms with van der Waals surface area (Å²) in [4.78, 5) is 23.9. The highest BCUT2D eigenvalue weighted by atomic mass is 32.2. The van der Waals surface area contributed by atoms with Crippen molar-refractivity contribution in [2.24, 2.45) is 0 Å². The largest absolute Gasteiger partial charge is 0.481 e. The Morgan fingerprint density at radius 2 is 2.00 bits per heavy atom.